The van der Waals surface area contributed by atoms with E-state index in [1.54, 1.807) is 0 Å². The summed E-state index contributed by atoms with van der Waals surface area (Å²) in [5, 5.41) is 36.0. The van der Waals surface area contributed by atoms with Crippen LogP contribution in [0.15, 0.2) is 0 Å². The van der Waals surface area contributed by atoms with Gasteiger partial charge in [0.15, 0.2) is 5.79 Å². The molecule has 0 aliphatic rings. The fourth-order valence-electron chi connectivity index (χ4n) is 0.702. The monoisotopic (exact) mass is 180 g/mol. The molecule has 3 atom stereocenters. The van der Waals surface area contributed by atoms with Gasteiger partial charge in [-0.2, -0.15) is 0 Å². The van der Waals surface area contributed by atoms with E-state index in [4.69, 9.17) is 31.9 Å². The molecule has 0 bridgehead atoms. The Balaban J connectivity index is 4.19. The minimum Gasteiger partial charge on any atom is -0.389 e. The van der Waals surface area contributed by atoms with Gasteiger partial charge in [0.05, 0.1) is 12.1 Å². The Morgan fingerprint density at radius 2 is 1.75 bits per heavy atom. The Morgan fingerprint density at radius 3 is 2.00 bits per heavy atom. The molecule has 0 aromatic rings. The highest BCUT2D eigenvalue weighted by Gasteiger charge is 2.35. The van der Waals surface area contributed by atoms with Crippen molar-refractivity contribution in [3.05, 3.63) is 0 Å². The van der Waals surface area contributed by atoms with Gasteiger partial charge in [0.25, 0.3) is 0 Å². The van der Waals surface area contributed by atoms with Crippen molar-refractivity contribution >= 4 is 0 Å². The first-order valence-electron chi connectivity index (χ1n) is 3.57. The minimum atomic E-state index is -2.23. The molecule has 0 heterocycles. The van der Waals surface area contributed by atoms with E-state index in [2.05, 4.69) is 0 Å². The summed E-state index contributed by atoms with van der Waals surface area (Å²) in [5.74, 6) is -2.23. The van der Waals surface area contributed by atoms with Gasteiger partial charge in [0, 0.05) is 6.54 Å². The standard InChI is InChI=1S/C6H16N2O4/c1-6(11,12)5(8)4(10)3(9)2-7/h3-5,9-12H,2,7-8H2,1H3. The van der Waals surface area contributed by atoms with E-state index in [1.165, 1.54) is 0 Å². The van der Waals surface area contributed by atoms with Gasteiger partial charge in [0.1, 0.15) is 6.10 Å². The number of hydrogen-bond acceptors (Lipinski definition) is 6. The molecule has 6 heteroatoms. The van der Waals surface area contributed by atoms with Crippen molar-refractivity contribution < 1.29 is 20.4 Å². The summed E-state index contributed by atoms with van der Waals surface area (Å²) in [6, 6.07) is -1.35. The smallest absolute Gasteiger partial charge is 0.177 e. The Hall–Kier alpha value is -0.240. The van der Waals surface area contributed by atoms with E-state index in [1.807, 2.05) is 0 Å². The van der Waals surface area contributed by atoms with Crippen molar-refractivity contribution in [1.82, 2.24) is 0 Å². The third kappa shape index (κ3) is 3.02. The van der Waals surface area contributed by atoms with Crippen LogP contribution >= 0.6 is 0 Å². The lowest BCUT2D eigenvalue weighted by Crippen LogP contribution is -2.57. The maximum Gasteiger partial charge on any atom is 0.177 e. The molecule has 0 aromatic carbocycles. The lowest BCUT2D eigenvalue weighted by molar-refractivity contribution is -0.188. The van der Waals surface area contributed by atoms with Crippen LogP contribution in [0.1, 0.15) is 6.92 Å². The molecule has 12 heavy (non-hydrogen) atoms. The SMILES string of the molecule is CC(O)(O)C(N)C(O)C(O)CN. The van der Waals surface area contributed by atoms with E-state index in [9.17, 15) is 0 Å². The molecule has 0 fully saturated rings. The zero-order valence-electron chi connectivity index (χ0n) is 6.88. The molecule has 0 radical (unpaired) electrons. The Bertz CT molecular complexity index is 136. The second kappa shape index (κ2) is 4.13. The van der Waals surface area contributed by atoms with Crippen molar-refractivity contribution in [1.29, 1.82) is 0 Å². The Kier molecular flexibility index (Phi) is 4.04. The summed E-state index contributed by atoms with van der Waals surface area (Å²) in [5.41, 5.74) is 10.2. The normalized spacial score (nSPS) is 20.2. The molecule has 0 saturated carbocycles. The third-order valence-electron chi connectivity index (χ3n) is 1.64. The van der Waals surface area contributed by atoms with Crippen LogP contribution in [0.2, 0.25) is 0 Å². The zero-order chi connectivity index (χ0) is 9.94. The molecule has 0 amide bonds. The number of aliphatic hydroxyl groups is 4. The molecule has 8 N–H and O–H groups in total. The largest absolute Gasteiger partial charge is 0.389 e. The first kappa shape index (κ1) is 11.8. The van der Waals surface area contributed by atoms with E-state index in [0.29, 0.717) is 0 Å². The molecular weight excluding hydrogens is 164 g/mol. The second-order valence-electron chi connectivity index (χ2n) is 2.91. The van der Waals surface area contributed by atoms with Gasteiger partial charge >= 0.3 is 0 Å². The topological polar surface area (TPSA) is 133 Å². The predicted molar refractivity (Wildman–Crippen MR) is 41.9 cm³/mol. The highest BCUT2D eigenvalue weighted by Crippen LogP contribution is 2.09. The summed E-state index contributed by atoms with van der Waals surface area (Å²) in [4.78, 5) is 0. The highest BCUT2D eigenvalue weighted by atomic mass is 16.5. The maximum absolute atomic E-state index is 9.15. The zero-order valence-corrected chi connectivity index (χ0v) is 6.88. The fraction of sp³-hybridized carbons (Fsp3) is 1.00. The van der Waals surface area contributed by atoms with E-state index in [0.717, 1.165) is 6.92 Å². The first-order chi connectivity index (χ1) is 5.30. The van der Waals surface area contributed by atoms with Crippen LogP contribution in [-0.2, 0) is 0 Å². The summed E-state index contributed by atoms with van der Waals surface area (Å²) < 4.78 is 0. The fourth-order valence-corrected chi connectivity index (χ4v) is 0.702. The van der Waals surface area contributed by atoms with Crippen molar-refractivity contribution in [2.24, 2.45) is 11.5 Å². The quantitative estimate of drug-likeness (QED) is 0.251. The van der Waals surface area contributed by atoms with Crippen molar-refractivity contribution in [2.75, 3.05) is 6.54 Å². The molecule has 0 aromatic heterocycles. The lowest BCUT2D eigenvalue weighted by Gasteiger charge is -2.30. The Labute approximate surface area is 70.4 Å². The van der Waals surface area contributed by atoms with Gasteiger partial charge in [-0.3, -0.25) is 0 Å². The van der Waals surface area contributed by atoms with Crippen molar-refractivity contribution in [2.45, 2.75) is 31.0 Å². The first-order valence-corrected chi connectivity index (χ1v) is 3.57. The molecule has 0 spiro atoms. The van der Waals surface area contributed by atoms with Crippen molar-refractivity contribution in [3.63, 3.8) is 0 Å². The molecule has 0 rings (SSSR count). The van der Waals surface area contributed by atoms with Gasteiger partial charge in [-0.25, -0.2) is 0 Å². The average Bonchev–Trinajstić information content (AvgIpc) is 1.98. The highest BCUT2D eigenvalue weighted by molar-refractivity contribution is 4.86. The van der Waals surface area contributed by atoms with E-state index < -0.39 is 24.0 Å². The van der Waals surface area contributed by atoms with Gasteiger partial charge in [0.2, 0.25) is 0 Å². The molecule has 0 saturated heterocycles. The van der Waals surface area contributed by atoms with E-state index in [-0.39, 0.29) is 6.54 Å². The van der Waals surface area contributed by atoms with Gasteiger partial charge < -0.3 is 31.9 Å². The van der Waals surface area contributed by atoms with Gasteiger partial charge in [-0.1, -0.05) is 0 Å². The Morgan fingerprint density at radius 1 is 1.33 bits per heavy atom. The van der Waals surface area contributed by atoms with Crippen molar-refractivity contribution in [3.8, 4) is 0 Å². The molecule has 3 unspecified atom stereocenters. The number of hydrogen-bond donors (Lipinski definition) is 6. The predicted octanol–water partition coefficient (Wildman–Crippen LogP) is -3.30. The molecule has 74 valence electrons. The van der Waals surface area contributed by atoms with Crippen LogP contribution in [0, 0.1) is 0 Å². The van der Waals surface area contributed by atoms with E-state index >= 15 is 0 Å². The van der Waals surface area contributed by atoms with Crippen LogP contribution in [0.5, 0.6) is 0 Å². The van der Waals surface area contributed by atoms with Crippen LogP contribution in [0.3, 0.4) is 0 Å². The summed E-state index contributed by atoms with van der Waals surface area (Å²) in [6.07, 6.45) is -2.70. The molecule has 0 aliphatic heterocycles. The molecular formula is C6H16N2O4. The summed E-state index contributed by atoms with van der Waals surface area (Å²) in [7, 11) is 0. The number of aliphatic hydroxyl groups excluding tert-OH is 2. The van der Waals surface area contributed by atoms with Crippen LogP contribution < -0.4 is 11.5 Å². The summed E-state index contributed by atoms with van der Waals surface area (Å²) in [6.45, 7) is 0.828. The summed E-state index contributed by atoms with van der Waals surface area (Å²) >= 11 is 0. The molecule has 0 aliphatic carbocycles. The maximum atomic E-state index is 9.15. The van der Waals surface area contributed by atoms with Gasteiger partial charge in [-0.15, -0.1) is 0 Å². The van der Waals surface area contributed by atoms with Crippen LogP contribution in [0.25, 0.3) is 0 Å². The lowest BCUT2D eigenvalue weighted by atomic mass is 9.99. The number of rotatable bonds is 4. The second-order valence-corrected chi connectivity index (χ2v) is 2.91. The van der Waals surface area contributed by atoms with Gasteiger partial charge in [-0.05, 0) is 6.92 Å². The van der Waals surface area contributed by atoms with Crippen LogP contribution in [-0.4, -0.2) is 51.0 Å². The number of nitrogens with two attached hydrogens (primary N) is 2. The average molecular weight is 180 g/mol. The van der Waals surface area contributed by atoms with Crippen LogP contribution in [0.4, 0.5) is 0 Å². The minimum absolute atomic E-state index is 0.190. The molecule has 6 nitrogen and oxygen atoms in total. The third-order valence-corrected chi connectivity index (χ3v) is 1.64.